The minimum Gasteiger partial charge on any atom is -0.493 e. The van der Waals surface area contributed by atoms with Crippen molar-refractivity contribution in [2.45, 2.75) is 26.3 Å². The number of hydrogen-bond donors (Lipinski definition) is 0. The van der Waals surface area contributed by atoms with E-state index in [1.54, 1.807) is 49.1 Å². The number of ether oxygens (including phenoxy) is 2. The molecule has 12 heteroatoms. The van der Waals surface area contributed by atoms with Crippen molar-refractivity contribution in [1.82, 2.24) is 28.3 Å². The van der Waals surface area contributed by atoms with Crippen LogP contribution in [0.5, 0.6) is 17.2 Å². The van der Waals surface area contributed by atoms with E-state index in [1.165, 1.54) is 30.0 Å². The first-order chi connectivity index (χ1) is 21.6. The summed E-state index contributed by atoms with van der Waals surface area (Å²) < 4.78 is 31.2. The number of pyridine rings is 1. The van der Waals surface area contributed by atoms with Gasteiger partial charge in [-0.05, 0) is 67.9 Å². The number of carbonyl (C=O) groups excluding carboxylic acids is 1. The molecule has 0 unspecified atom stereocenters. The van der Waals surface area contributed by atoms with Crippen molar-refractivity contribution in [3.05, 3.63) is 123 Å². The number of rotatable bonds is 9. The standard InChI is InChI=1S/C33H29FN6O5/c1-20(2)38-17-25(32(42)40(33(38)43)24-8-6-23(34)7-9-24)28(41)13-21-5-10-29(31(14-21)44-4)45-30-15-22(26-18-37(3)19-35-26)16-39-27(30)11-12-36-39/h5-12,14-20H,13H2,1-4H3. The molecule has 0 saturated heterocycles. The fourth-order valence-electron chi connectivity index (χ4n) is 5.04. The number of ketones is 1. The van der Waals surface area contributed by atoms with Gasteiger partial charge < -0.3 is 14.0 Å². The van der Waals surface area contributed by atoms with Crippen LogP contribution in [0.25, 0.3) is 22.5 Å². The Bertz CT molecular complexity index is 2180. The molecule has 6 rings (SSSR count). The highest BCUT2D eigenvalue weighted by atomic mass is 19.1. The zero-order chi connectivity index (χ0) is 31.8. The number of benzene rings is 2. The van der Waals surface area contributed by atoms with Gasteiger partial charge in [-0.15, -0.1) is 0 Å². The molecule has 11 nitrogen and oxygen atoms in total. The van der Waals surface area contributed by atoms with Crippen molar-refractivity contribution in [1.29, 1.82) is 0 Å². The maximum Gasteiger partial charge on any atom is 0.335 e. The van der Waals surface area contributed by atoms with Crippen LogP contribution in [-0.2, 0) is 13.5 Å². The van der Waals surface area contributed by atoms with Gasteiger partial charge in [0.15, 0.2) is 23.0 Å². The third-order valence-corrected chi connectivity index (χ3v) is 7.34. The molecule has 4 heterocycles. The molecule has 0 aliphatic heterocycles. The number of nitrogens with zero attached hydrogens (tertiary/aromatic N) is 6. The minimum atomic E-state index is -0.780. The molecular formula is C33H29FN6O5. The van der Waals surface area contributed by atoms with E-state index in [4.69, 9.17) is 9.47 Å². The molecule has 6 aromatic rings. The van der Waals surface area contributed by atoms with Crippen LogP contribution in [0.4, 0.5) is 4.39 Å². The van der Waals surface area contributed by atoms with E-state index in [-0.39, 0.29) is 23.7 Å². The van der Waals surface area contributed by atoms with E-state index < -0.39 is 22.8 Å². The lowest BCUT2D eigenvalue weighted by Crippen LogP contribution is -2.42. The Morgan fingerprint density at radius 1 is 0.956 bits per heavy atom. The van der Waals surface area contributed by atoms with E-state index in [0.29, 0.717) is 22.8 Å². The van der Waals surface area contributed by atoms with E-state index >= 15 is 0 Å². The van der Waals surface area contributed by atoms with Crippen LogP contribution in [0.1, 0.15) is 35.8 Å². The number of aromatic nitrogens is 6. The van der Waals surface area contributed by atoms with E-state index in [0.717, 1.165) is 33.5 Å². The Labute approximate surface area is 256 Å². The predicted octanol–water partition coefficient (Wildman–Crippen LogP) is 4.99. The molecule has 0 fully saturated rings. The average Bonchev–Trinajstić information content (AvgIpc) is 3.68. The fraction of sp³-hybridized carbons (Fsp3) is 0.182. The Morgan fingerprint density at radius 2 is 1.73 bits per heavy atom. The smallest absolute Gasteiger partial charge is 0.335 e. The van der Waals surface area contributed by atoms with Gasteiger partial charge in [0, 0.05) is 43.7 Å². The molecular weight excluding hydrogens is 579 g/mol. The lowest BCUT2D eigenvalue weighted by molar-refractivity contribution is 0.0990. The fourth-order valence-corrected chi connectivity index (χ4v) is 5.04. The summed E-state index contributed by atoms with van der Waals surface area (Å²) in [6, 6.07) is 13.4. The molecule has 4 aromatic heterocycles. The van der Waals surface area contributed by atoms with Gasteiger partial charge in [-0.1, -0.05) is 6.07 Å². The Kier molecular flexibility index (Phi) is 7.63. The van der Waals surface area contributed by atoms with Crippen LogP contribution in [0.3, 0.4) is 0 Å². The van der Waals surface area contributed by atoms with Crippen molar-refractivity contribution >= 4 is 11.3 Å². The molecule has 45 heavy (non-hydrogen) atoms. The molecule has 228 valence electrons. The number of carbonyl (C=O) groups is 1. The monoisotopic (exact) mass is 608 g/mol. The largest absolute Gasteiger partial charge is 0.493 e. The highest BCUT2D eigenvalue weighted by Gasteiger charge is 2.21. The first kappa shape index (κ1) is 29.3. The average molecular weight is 609 g/mol. The number of halogens is 1. The molecule has 0 spiro atoms. The molecule has 0 aliphatic carbocycles. The van der Waals surface area contributed by atoms with Crippen molar-refractivity contribution in [2.24, 2.45) is 7.05 Å². The molecule has 0 amide bonds. The number of methoxy groups -OCH3 is 1. The maximum atomic E-state index is 13.6. The van der Waals surface area contributed by atoms with Gasteiger partial charge in [0.05, 0.1) is 31.0 Å². The second-order valence-electron chi connectivity index (χ2n) is 10.8. The van der Waals surface area contributed by atoms with Gasteiger partial charge in [-0.25, -0.2) is 23.3 Å². The van der Waals surface area contributed by atoms with Gasteiger partial charge >= 0.3 is 5.69 Å². The Balaban J connectivity index is 1.32. The second-order valence-corrected chi connectivity index (χ2v) is 10.8. The zero-order valence-corrected chi connectivity index (χ0v) is 25.0. The van der Waals surface area contributed by atoms with Crippen LogP contribution in [-0.4, -0.2) is 41.2 Å². The Morgan fingerprint density at radius 3 is 2.42 bits per heavy atom. The second kappa shape index (κ2) is 11.7. The maximum absolute atomic E-state index is 13.6. The summed E-state index contributed by atoms with van der Waals surface area (Å²) in [5.41, 5.74) is 1.45. The Hall–Kier alpha value is -5.78. The topological polar surface area (TPSA) is 115 Å². The first-order valence-corrected chi connectivity index (χ1v) is 14.1. The van der Waals surface area contributed by atoms with Crippen molar-refractivity contribution in [3.63, 3.8) is 0 Å². The minimum absolute atomic E-state index is 0.145. The van der Waals surface area contributed by atoms with E-state index in [1.807, 2.05) is 36.1 Å². The van der Waals surface area contributed by atoms with Crippen molar-refractivity contribution in [3.8, 4) is 34.2 Å². The highest BCUT2D eigenvalue weighted by Crippen LogP contribution is 2.36. The zero-order valence-electron chi connectivity index (χ0n) is 25.0. The highest BCUT2D eigenvalue weighted by molar-refractivity contribution is 5.97. The number of imidazole rings is 1. The normalized spacial score (nSPS) is 11.3. The van der Waals surface area contributed by atoms with Crippen molar-refractivity contribution < 1.29 is 18.7 Å². The summed E-state index contributed by atoms with van der Waals surface area (Å²) in [6.45, 7) is 3.53. The molecule has 2 aromatic carbocycles. The molecule has 0 radical (unpaired) electrons. The summed E-state index contributed by atoms with van der Waals surface area (Å²) in [5.74, 6) is 0.291. The van der Waals surface area contributed by atoms with Gasteiger partial charge in [0.25, 0.3) is 5.56 Å². The van der Waals surface area contributed by atoms with Gasteiger partial charge in [0.1, 0.15) is 16.9 Å². The summed E-state index contributed by atoms with van der Waals surface area (Å²) in [5, 5.41) is 4.36. The molecule has 0 N–H and O–H groups in total. The van der Waals surface area contributed by atoms with Gasteiger partial charge in [-0.3, -0.25) is 14.2 Å². The van der Waals surface area contributed by atoms with Gasteiger partial charge in [-0.2, -0.15) is 5.10 Å². The van der Waals surface area contributed by atoms with Crippen LogP contribution in [0.15, 0.2) is 95.3 Å². The van der Waals surface area contributed by atoms with Crippen LogP contribution in [0.2, 0.25) is 0 Å². The van der Waals surface area contributed by atoms with Crippen LogP contribution in [0, 0.1) is 5.82 Å². The molecule has 0 saturated carbocycles. The first-order valence-electron chi connectivity index (χ1n) is 14.1. The third-order valence-electron chi connectivity index (χ3n) is 7.34. The molecule has 0 atom stereocenters. The van der Waals surface area contributed by atoms with Crippen molar-refractivity contribution in [2.75, 3.05) is 7.11 Å². The number of fused-ring (bicyclic) bond motifs is 1. The summed E-state index contributed by atoms with van der Waals surface area (Å²) in [4.78, 5) is 44.6. The van der Waals surface area contributed by atoms with E-state index in [2.05, 4.69) is 10.1 Å². The summed E-state index contributed by atoms with van der Waals surface area (Å²) in [6.07, 6.45) is 8.28. The third kappa shape index (κ3) is 5.65. The summed E-state index contributed by atoms with van der Waals surface area (Å²) in [7, 11) is 3.38. The van der Waals surface area contributed by atoms with Crippen LogP contribution >= 0.6 is 0 Å². The lowest BCUT2D eigenvalue weighted by Gasteiger charge is -2.16. The SMILES string of the molecule is COc1cc(CC(=O)c2cn(C(C)C)c(=O)n(-c3ccc(F)cc3)c2=O)ccc1Oc1cc(-c2cn(C)cn2)cn2nccc12. The number of hydrogen-bond acceptors (Lipinski definition) is 7. The molecule has 0 bridgehead atoms. The predicted molar refractivity (Wildman–Crippen MR) is 165 cm³/mol. The van der Waals surface area contributed by atoms with Gasteiger partial charge in [0.2, 0.25) is 0 Å². The summed E-state index contributed by atoms with van der Waals surface area (Å²) >= 11 is 0. The molecule has 0 aliphatic rings. The lowest BCUT2D eigenvalue weighted by atomic mass is 10.0. The number of Topliss-reactive ketones (excluding diaryl/α,β-unsaturated/α-hetero) is 1. The van der Waals surface area contributed by atoms with E-state index in [9.17, 15) is 18.8 Å². The quantitative estimate of drug-likeness (QED) is 0.212. The number of aryl methyl sites for hydroxylation is 1. The van der Waals surface area contributed by atoms with Crippen LogP contribution < -0.4 is 20.7 Å².